The van der Waals surface area contributed by atoms with Gasteiger partial charge in [0, 0.05) is 45.1 Å². The highest BCUT2D eigenvalue weighted by atomic mass is 15.1. The van der Waals surface area contributed by atoms with Gasteiger partial charge in [-0.2, -0.15) is 0 Å². The monoisotopic (exact) mass is 768 g/mol. The molecule has 0 saturated heterocycles. The molecule has 5 aromatic heterocycles. The maximum Gasteiger partial charge on any atom is 0.206 e. The Kier molecular flexibility index (Phi) is 8.70. The standard InChI is InChI=1S/C52H38B2N6/c1-53(39-23-25-43-41-17-3-5-19-47(41)59(49(43)31-39)51-21-7-9-27-55-51)37-15-11-13-35(29-37)45-33-58-46(34-57-45)36-14-12-16-38(30-36)54(2)40-24-26-44-42-18-4-6-20-48(42)60(50(44)32-40)52-22-8-10-28-56-52/h3-34H,1-2H3. The van der Waals surface area contributed by atoms with Crippen molar-refractivity contribution < 1.29 is 0 Å². The summed E-state index contributed by atoms with van der Waals surface area (Å²) in [4.78, 5) is 19.4. The van der Waals surface area contributed by atoms with E-state index in [2.05, 4.69) is 168 Å². The number of rotatable bonds is 8. The number of hydrogen-bond acceptors (Lipinski definition) is 4. The third kappa shape index (κ3) is 6.07. The summed E-state index contributed by atoms with van der Waals surface area (Å²) < 4.78 is 4.54. The summed E-state index contributed by atoms with van der Waals surface area (Å²) in [7, 11) is 0. The fourth-order valence-electron chi connectivity index (χ4n) is 8.93. The van der Waals surface area contributed by atoms with Gasteiger partial charge in [0.15, 0.2) is 0 Å². The summed E-state index contributed by atoms with van der Waals surface area (Å²) in [5.74, 6) is 1.83. The highest BCUT2D eigenvalue weighted by Gasteiger charge is 2.21. The molecule has 0 aliphatic heterocycles. The van der Waals surface area contributed by atoms with Crippen LogP contribution in [-0.4, -0.2) is 42.5 Å². The minimum atomic E-state index is 0.153. The van der Waals surface area contributed by atoms with Crippen LogP contribution in [0.4, 0.5) is 0 Å². The molecule has 0 saturated carbocycles. The first-order valence-corrected chi connectivity index (χ1v) is 20.5. The molecule has 0 fully saturated rings. The number of benzene rings is 6. The summed E-state index contributed by atoms with van der Waals surface area (Å²) in [6, 6.07) is 60.4. The number of hydrogen-bond donors (Lipinski definition) is 0. The number of nitrogens with zero attached hydrogens (tertiary/aromatic N) is 6. The largest absolute Gasteiger partial charge is 0.294 e. The Morgan fingerprint density at radius 1 is 0.350 bits per heavy atom. The van der Waals surface area contributed by atoms with Crippen molar-refractivity contribution in [2.24, 2.45) is 0 Å². The van der Waals surface area contributed by atoms with Crippen LogP contribution in [0.1, 0.15) is 0 Å². The Labute approximate surface area is 349 Å². The third-order valence-electron chi connectivity index (χ3n) is 12.2. The van der Waals surface area contributed by atoms with E-state index in [0.29, 0.717) is 0 Å². The zero-order chi connectivity index (χ0) is 40.2. The van der Waals surface area contributed by atoms with Gasteiger partial charge in [-0.3, -0.25) is 19.1 Å². The summed E-state index contributed by atoms with van der Waals surface area (Å²) >= 11 is 0. The maximum atomic E-state index is 4.95. The molecule has 0 aliphatic rings. The molecule has 0 amide bonds. The van der Waals surface area contributed by atoms with E-state index in [0.717, 1.165) is 56.2 Å². The van der Waals surface area contributed by atoms with Crippen molar-refractivity contribution in [3.8, 4) is 34.2 Å². The van der Waals surface area contributed by atoms with Gasteiger partial charge in [-0.1, -0.05) is 157 Å². The molecule has 0 N–H and O–H groups in total. The maximum absolute atomic E-state index is 4.95. The van der Waals surface area contributed by atoms with Gasteiger partial charge < -0.3 is 0 Å². The van der Waals surface area contributed by atoms with Crippen LogP contribution in [0.2, 0.25) is 13.6 Å². The minimum absolute atomic E-state index is 0.153. The van der Waals surface area contributed by atoms with E-state index in [9.17, 15) is 0 Å². The molecule has 0 atom stereocenters. The van der Waals surface area contributed by atoms with Crippen LogP contribution in [0.3, 0.4) is 0 Å². The highest BCUT2D eigenvalue weighted by molar-refractivity contribution is 6.84. The zero-order valence-corrected chi connectivity index (χ0v) is 33.3. The third-order valence-corrected chi connectivity index (χ3v) is 12.2. The van der Waals surface area contributed by atoms with Crippen LogP contribution >= 0.6 is 0 Å². The fourth-order valence-corrected chi connectivity index (χ4v) is 8.93. The van der Waals surface area contributed by atoms with Crippen LogP contribution in [0.5, 0.6) is 0 Å². The molecule has 282 valence electrons. The van der Waals surface area contributed by atoms with Crippen molar-refractivity contribution in [1.29, 1.82) is 0 Å². The molecular weight excluding hydrogens is 730 g/mol. The SMILES string of the molecule is CB(c1cccc(-c2cnc(-c3cccc(B(C)c4ccc5c6ccccc6n(-c6ccccn6)c5c4)c3)cn2)c1)c1ccc2c3ccccc3n(-c3ccccn3)c2c1. The quantitative estimate of drug-likeness (QED) is 0.145. The van der Waals surface area contributed by atoms with Gasteiger partial charge in [0.25, 0.3) is 0 Å². The van der Waals surface area contributed by atoms with Crippen LogP contribution in [0.25, 0.3) is 77.8 Å². The summed E-state index contributed by atoms with van der Waals surface area (Å²) in [5, 5.41) is 4.89. The predicted molar refractivity (Wildman–Crippen MR) is 252 cm³/mol. The van der Waals surface area contributed by atoms with E-state index < -0.39 is 0 Å². The number of pyridine rings is 2. The predicted octanol–water partition coefficient (Wildman–Crippen LogP) is 9.27. The van der Waals surface area contributed by atoms with Gasteiger partial charge in [0.1, 0.15) is 11.6 Å². The molecule has 0 radical (unpaired) electrons. The first kappa shape index (κ1) is 35.6. The second kappa shape index (κ2) is 14.7. The number of fused-ring (bicyclic) bond motifs is 6. The number of aromatic nitrogens is 6. The second-order valence-corrected chi connectivity index (χ2v) is 15.6. The normalized spacial score (nSPS) is 11.5. The van der Waals surface area contributed by atoms with Crippen molar-refractivity contribution in [2.45, 2.75) is 13.6 Å². The van der Waals surface area contributed by atoms with Gasteiger partial charge in [0.2, 0.25) is 13.4 Å². The van der Waals surface area contributed by atoms with E-state index in [4.69, 9.17) is 19.9 Å². The molecule has 11 rings (SSSR count). The van der Waals surface area contributed by atoms with Crippen molar-refractivity contribution in [3.05, 3.63) is 195 Å². The molecule has 11 aromatic rings. The smallest absolute Gasteiger partial charge is 0.206 e. The Morgan fingerprint density at radius 3 is 1.20 bits per heavy atom. The lowest BCUT2D eigenvalue weighted by Gasteiger charge is -2.13. The second-order valence-electron chi connectivity index (χ2n) is 15.6. The van der Waals surface area contributed by atoms with Crippen molar-refractivity contribution >= 4 is 78.9 Å². The van der Waals surface area contributed by atoms with Gasteiger partial charge in [-0.15, -0.1) is 0 Å². The topological polar surface area (TPSA) is 61.4 Å². The summed E-state index contributed by atoms with van der Waals surface area (Å²) in [6.45, 7) is 4.85. The van der Waals surface area contributed by atoms with Crippen molar-refractivity contribution in [3.63, 3.8) is 0 Å². The van der Waals surface area contributed by atoms with E-state index in [1.54, 1.807) is 0 Å². The molecule has 60 heavy (non-hydrogen) atoms. The highest BCUT2D eigenvalue weighted by Crippen LogP contribution is 2.32. The van der Waals surface area contributed by atoms with Crippen LogP contribution in [0.15, 0.2) is 195 Å². The van der Waals surface area contributed by atoms with Gasteiger partial charge in [0.05, 0.1) is 45.8 Å². The van der Waals surface area contributed by atoms with Crippen LogP contribution in [0, 0.1) is 0 Å². The van der Waals surface area contributed by atoms with Crippen molar-refractivity contribution in [2.75, 3.05) is 0 Å². The average Bonchev–Trinajstić information content (AvgIpc) is 3.84. The lowest BCUT2D eigenvalue weighted by molar-refractivity contribution is 1.08. The Morgan fingerprint density at radius 2 is 0.767 bits per heavy atom. The first-order chi connectivity index (χ1) is 29.6. The van der Waals surface area contributed by atoms with E-state index in [-0.39, 0.29) is 13.4 Å². The average molecular weight is 769 g/mol. The molecule has 8 heteroatoms. The van der Waals surface area contributed by atoms with Crippen molar-refractivity contribution in [1.82, 2.24) is 29.1 Å². The molecular formula is C52H38B2N6. The lowest BCUT2D eigenvalue weighted by atomic mass is 9.42. The number of para-hydroxylation sites is 2. The molecule has 6 nitrogen and oxygen atoms in total. The molecule has 0 bridgehead atoms. The van der Waals surface area contributed by atoms with Gasteiger partial charge in [-0.05, 0) is 48.5 Å². The fraction of sp³-hybridized carbons (Fsp3) is 0.0385. The van der Waals surface area contributed by atoms with Crippen LogP contribution < -0.4 is 21.9 Å². The Balaban J connectivity index is 0.873. The minimum Gasteiger partial charge on any atom is -0.294 e. The summed E-state index contributed by atoms with van der Waals surface area (Å²) in [6.07, 6.45) is 7.51. The Hall–Kier alpha value is -7.57. The molecule has 6 aromatic carbocycles. The zero-order valence-electron chi connectivity index (χ0n) is 33.3. The van der Waals surface area contributed by atoms with E-state index >= 15 is 0 Å². The van der Waals surface area contributed by atoms with E-state index in [1.807, 2.05) is 49.1 Å². The van der Waals surface area contributed by atoms with E-state index in [1.165, 1.54) is 43.4 Å². The molecule has 0 spiro atoms. The molecule has 5 heterocycles. The van der Waals surface area contributed by atoms with Gasteiger partial charge in [-0.25, -0.2) is 9.97 Å². The Bertz CT molecular complexity index is 3130. The van der Waals surface area contributed by atoms with Gasteiger partial charge >= 0.3 is 0 Å². The lowest BCUT2D eigenvalue weighted by Crippen LogP contribution is -2.39. The first-order valence-electron chi connectivity index (χ1n) is 20.5. The molecule has 0 unspecified atom stereocenters. The van der Waals surface area contributed by atoms with Crippen LogP contribution in [-0.2, 0) is 0 Å². The summed E-state index contributed by atoms with van der Waals surface area (Å²) in [5.41, 5.74) is 13.3. The molecule has 0 aliphatic carbocycles.